The van der Waals surface area contributed by atoms with Crippen LogP contribution in [0.3, 0.4) is 0 Å². The second-order valence-corrected chi connectivity index (χ2v) is 4.53. The van der Waals surface area contributed by atoms with E-state index in [1.165, 1.54) is 5.56 Å². The third-order valence-electron chi connectivity index (χ3n) is 3.27. The van der Waals surface area contributed by atoms with Gasteiger partial charge in [-0.05, 0) is 17.9 Å². The summed E-state index contributed by atoms with van der Waals surface area (Å²) < 4.78 is 0. The summed E-state index contributed by atoms with van der Waals surface area (Å²) in [6.45, 7) is 4.31. The van der Waals surface area contributed by atoms with E-state index in [0.717, 1.165) is 6.42 Å². The van der Waals surface area contributed by atoms with Crippen molar-refractivity contribution in [2.45, 2.75) is 39.0 Å². The number of amides is 1. The van der Waals surface area contributed by atoms with Crippen LogP contribution in [-0.4, -0.2) is 18.7 Å². The van der Waals surface area contributed by atoms with Crippen LogP contribution in [0.5, 0.6) is 0 Å². The topological polar surface area (TPSA) is 46.2 Å². The fourth-order valence-electron chi connectivity index (χ4n) is 1.73. The van der Waals surface area contributed by atoms with Crippen molar-refractivity contribution in [3.8, 4) is 0 Å². The molecule has 0 saturated carbocycles. The van der Waals surface area contributed by atoms with Gasteiger partial charge in [0.1, 0.15) is 0 Å². The fraction of sp³-hybridized carbons (Fsp3) is 0.467. The van der Waals surface area contributed by atoms with E-state index >= 15 is 0 Å². The average molecular weight is 247 g/mol. The van der Waals surface area contributed by atoms with E-state index < -0.39 is 0 Å². The number of ketones is 1. The Kier molecular flexibility index (Phi) is 5.56. The Morgan fingerprint density at radius 3 is 2.28 bits per heavy atom. The minimum atomic E-state index is -0.0976. The van der Waals surface area contributed by atoms with Crippen molar-refractivity contribution in [3.05, 3.63) is 35.4 Å². The Balaban J connectivity index is 2.62. The van der Waals surface area contributed by atoms with Crippen molar-refractivity contribution in [3.63, 3.8) is 0 Å². The number of nitrogens with one attached hydrogen (secondary N) is 1. The normalized spacial score (nSPS) is 11.9. The molecule has 1 amide bonds. The lowest BCUT2D eigenvalue weighted by molar-refractivity contribution is -0.120. The van der Waals surface area contributed by atoms with Crippen LogP contribution in [0.15, 0.2) is 24.3 Å². The molecule has 0 saturated heterocycles. The number of benzene rings is 1. The summed E-state index contributed by atoms with van der Waals surface area (Å²) >= 11 is 0. The minimum absolute atomic E-state index is 0.0225. The Labute approximate surface area is 109 Å². The van der Waals surface area contributed by atoms with Crippen molar-refractivity contribution < 1.29 is 9.59 Å². The van der Waals surface area contributed by atoms with E-state index in [-0.39, 0.29) is 24.5 Å². The molecule has 0 spiro atoms. The molecule has 1 aromatic rings. The van der Waals surface area contributed by atoms with Crippen molar-refractivity contribution in [2.75, 3.05) is 7.05 Å². The van der Waals surface area contributed by atoms with Gasteiger partial charge in [-0.1, -0.05) is 38.1 Å². The zero-order valence-electron chi connectivity index (χ0n) is 11.3. The first-order valence-electron chi connectivity index (χ1n) is 6.42. The molecule has 3 heteroatoms. The van der Waals surface area contributed by atoms with Crippen LogP contribution in [0.1, 0.15) is 54.9 Å². The molecule has 0 bridgehead atoms. The molecule has 0 heterocycles. The van der Waals surface area contributed by atoms with Gasteiger partial charge in [-0.25, -0.2) is 0 Å². The van der Waals surface area contributed by atoms with Crippen LogP contribution in [-0.2, 0) is 4.79 Å². The second kappa shape index (κ2) is 6.94. The van der Waals surface area contributed by atoms with Crippen LogP contribution < -0.4 is 5.32 Å². The smallest absolute Gasteiger partial charge is 0.220 e. The fourth-order valence-corrected chi connectivity index (χ4v) is 1.73. The average Bonchev–Trinajstić information content (AvgIpc) is 2.43. The molecule has 0 aliphatic carbocycles. The lowest BCUT2D eigenvalue weighted by Gasteiger charge is -2.09. The molecular formula is C15H21NO2. The van der Waals surface area contributed by atoms with Gasteiger partial charge >= 0.3 is 0 Å². The van der Waals surface area contributed by atoms with Crippen molar-refractivity contribution in [1.82, 2.24) is 5.32 Å². The molecule has 1 aromatic carbocycles. The van der Waals surface area contributed by atoms with Gasteiger partial charge in [-0.15, -0.1) is 0 Å². The molecular weight excluding hydrogens is 226 g/mol. The van der Waals surface area contributed by atoms with Gasteiger partial charge in [-0.2, -0.15) is 0 Å². The zero-order chi connectivity index (χ0) is 13.5. The Morgan fingerprint density at radius 1 is 1.17 bits per heavy atom. The van der Waals surface area contributed by atoms with E-state index in [1.54, 1.807) is 7.05 Å². The summed E-state index contributed by atoms with van der Waals surface area (Å²) in [6, 6.07) is 7.71. The Bertz CT molecular complexity index is 409. The second-order valence-electron chi connectivity index (χ2n) is 4.53. The number of carbonyl (C=O) groups excluding carboxylic acids is 2. The molecule has 0 aromatic heterocycles. The molecule has 0 radical (unpaired) electrons. The zero-order valence-corrected chi connectivity index (χ0v) is 11.3. The number of rotatable bonds is 6. The highest BCUT2D eigenvalue weighted by atomic mass is 16.2. The highest BCUT2D eigenvalue weighted by Gasteiger charge is 2.09. The molecule has 1 atom stereocenters. The molecule has 0 fully saturated rings. The van der Waals surface area contributed by atoms with Gasteiger partial charge in [0.15, 0.2) is 5.78 Å². The summed E-state index contributed by atoms with van der Waals surface area (Å²) in [5, 5.41) is 2.51. The van der Waals surface area contributed by atoms with E-state index in [4.69, 9.17) is 0 Å². The molecule has 98 valence electrons. The number of hydrogen-bond donors (Lipinski definition) is 1. The summed E-state index contributed by atoms with van der Waals surface area (Å²) in [4.78, 5) is 22.9. The molecule has 1 N–H and O–H groups in total. The van der Waals surface area contributed by atoms with Crippen LogP contribution in [0.4, 0.5) is 0 Å². The van der Waals surface area contributed by atoms with Crippen molar-refractivity contribution in [1.29, 1.82) is 0 Å². The monoisotopic (exact) mass is 247 g/mol. The van der Waals surface area contributed by atoms with Gasteiger partial charge in [0.25, 0.3) is 0 Å². The predicted octanol–water partition coefficient (Wildman–Crippen LogP) is 2.91. The summed E-state index contributed by atoms with van der Waals surface area (Å²) in [7, 11) is 1.58. The molecule has 1 unspecified atom stereocenters. The van der Waals surface area contributed by atoms with Crippen LogP contribution in [0.25, 0.3) is 0 Å². The number of Topliss-reactive ketones (excluding diaryl/α,β-unsaturated/α-hetero) is 1. The van der Waals surface area contributed by atoms with Crippen LogP contribution in [0, 0.1) is 0 Å². The lowest BCUT2D eigenvalue weighted by atomic mass is 9.96. The van der Waals surface area contributed by atoms with E-state index in [9.17, 15) is 9.59 Å². The first kappa shape index (κ1) is 14.4. The summed E-state index contributed by atoms with van der Waals surface area (Å²) in [6.07, 6.45) is 1.61. The van der Waals surface area contributed by atoms with Crippen LogP contribution >= 0.6 is 0 Å². The largest absolute Gasteiger partial charge is 0.359 e. The van der Waals surface area contributed by atoms with Gasteiger partial charge < -0.3 is 5.32 Å². The predicted molar refractivity (Wildman–Crippen MR) is 72.8 cm³/mol. The molecule has 0 aliphatic rings. The highest BCUT2D eigenvalue weighted by molar-refractivity contribution is 5.97. The van der Waals surface area contributed by atoms with Crippen molar-refractivity contribution >= 4 is 11.7 Å². The van der Waals surface area contributed by atoms with Crippen LogP contribution in [0.2, 0.25) is 0 Å². The number of carbonyl (C=O) groups is 2. The third kappa shape index (κ3) is 3.99. The Morgan fingerprint density at radius 2 is 1.78 bits per heavy atom. The number of hydrogen-bond acceptors (Lipinski definition) is 2. The molecule has 3 nitrogen and oxygen atoms in total. The standard InChI is InChI=1S/C15H21NO2/c1-4-11(2)12-5-7-13(8-6-12)14(17)9-10-15(18)16-3/h5-8,11H,4,9-10H2,1-3H3,(H,16,18). The summed E-state index contributed by atoms with van der Waals surface area (Å²) in [5.41, 5.74) is 1.94. The van der Waals surface area contributed by atoms with Gasteiger partial charge in [0.2, 0.25) is 5.91 Å². The molecule has 0 aliphatic heterocycles. The molecule has 18 heavy (non-hydrogen) atoms. The van der Waals surface area contributed by atoms with Gasteiger partial charge in [0, 0.05) is 25.5 Å². The molecule has 1 rings (SSSR count). The maximum absolute atomic E-state index is 11.8. The first-order chi connectivity index (χ1) is 8.58. The van der Waals surface area contributed by atoms with Gasteiger partial charge in [0.05, 0.1) is 0 Å². The highest BCUT2D eigenvalue weighted by Crippen LogP contribution is 2.19. The third-order valence-corrected chi connectivity index (χ3v) is 3.27. The van der Waals surface area contributed by atoms with E-state index in [0.29, 0.717) is 11.5 Å². The van der Waals surface area contributed by atoms with Gasteiger partial charge in [-0.3, -0.25) is 9.59 Å². The van der Waals surface area contributed by atoms with Crippen molar-refractivity contribution in [2.24, 2.45) is 0 Å². The SMILES string of the molecule is CCC(C)c1ccc(C(=O)CCC(=O)NC)cc1. The summed E-state index contributed by atoms with van der Waals surface area (Å²) in [5.74, 6) is 0.439. The van der Waals surface area contributed by atoms with E-state index in [2.05, 4.69) is 19.2 Å². The quantitative estimate of drug-likeness (QED) is 0.786. The lowest BCUT2D eigenvalue weighted by Crippen LogP contribution is -2.18. The first-order valence-corrected chi connectivity index (χ1v) is 6.42. The minimum Gasteiger partial charge on any atom is -0.359 e. The maximum atomic E-state index is 11.8. The van der Waals surface area contributed by atoms with E-state index in [1.807, 2.05) is 24.3 Å². The Hall–Kier alpha value is -1.64. The maximum Gasteiger partial charge on any atom is 0.220 e.